The molecule has 99 heavy (non-hydrogen) atoms. The number of fused-ring (bicyclic) bond motifs is 3. The molecule has 2 aliphatic rings. The van der Waals surface area contributed by atoms with Crippen molar-refractivity contribution in [2.45, 2.75) is 91.2 Å². The summed E-state index contributed by atoms with van der Waals surface area (Å²) in [5.74, 6) is 3.71. The molecule has 530 valence electrons. The predicted molar refractivity (Wildman–Crippen MR) is 369 cm³/mol. The molecular weight excluding hydrogens is 1390 g/mol. The summed E-state index contributed by atoms with van der Waals surface area (Å²) in [6.45, 7) is 7.55. The first-order valence-corrected chi connectivity index (χ1v) is 38.8. The molecule has 0 bridgehead atoms. The van der Waals surface area contributed by atoms with Crippen molar-refractivity contribution >= 4 is 96.0 Å². The van der Waals surface area contributed by atoms with Crippen LogP contribution in [0.3, 0.4) is 0 Å². The number of hydrogen-bond donors (Lipinski definition) is 7. The van der Waals surface area contributed by atoms with Crippen LogP contribution in [0.5, 0.6) is 5.75 Å². The van der Waals surface area contributed by atoms with Gasteiger partial charge in [-0.1, -0.05) is 61.1 Å². The van der Waals surface area contributed by atoms with Gasteiger partial charge in [0, 0.05) is 89.3 Å². The molecule has 8 rings (SSSR count). The predicted octanol–water partition coefficient (Wildman–Crippen LogP) is 7.92. The number of unbranched alkanes of at least 4 members (excludes halogenated alkanes) is 2. The monoisotopic (exact) mass is 1460 g/mol. The second-order valence-electron chi connectivity index (χ2n) is 23.7. The lowest BCUT2D eigenvalue weighted by molar-refractivity contribution is -0.437. The number of allylic oxidation sites excluding steroid dienone is 6. The third-order valence-corrected chi connectivity index (χ3v) is 21.0. The van der Waals surface area contributed by atoms with Crippen LogP contribution in [-0.2, 0) is 80.3 Å². The van der Waals surface area contributed by atoms with Gasteiger partial charge in [-0.2, -0.15) is 38.2 Å². The van der Waals surface area contributed by atoms with E-state index in [1.165, 1.54) is 67.0 Å². The summed E-state index contributed by atoms with van der Waals surface area (Å²) in [6.07, 6.45) is 13.6. The average Bonchev–Trinajstić information content (AvgIpc) is 1.60. The van der Waals surface area contributed by atoms with Crippen molar-refractivity contribution in [1.29, 1.82) is 0 Å². The first-order valence-electron chi connectivity index (χ1n) is 31.2. The molecule has 4 heterocycles. The maximum Gasteiger partial charge on any atom is 0.354 e. The SMILES string of the molecule is CC1(C)C(C=CC=CC=C2N(CCCS(=O)(=O)O)c3ccc(S(=O)(=O)O)cc3C2(C)CCCCCC(=O)NCCOCCOCCOCCOc2ccnc3c(S(=O)(=O)Nc4ccccc4C#Cc4ccc(C(=O)O)nc4)cccc23)=[N+](CCCS(=O)(=O)O)c2ccc(S(=O)(=O)O)cc21. The van der Waals surface area contributed by atoms with Crippen LogP contribution < -0.4 is 19.7 Å². The Hall–Kier alpha value is -8.30. The largest absolute Gasteiger partial charge is 0.490 e. The van der Waals surface area contributed by atoms with E-state index in [0.717, 1.165) is 0 Å². The molecule has 0 saturated heterocycles. The zero-order chi connectivity index (χ0) is 71.8. The molecule has 0 saturated carbocycles. The fourth-order valence-electron chi connectivity index (χ4n) is 11.5. The Balaban J connectivity index is 0.781. The van der Waals surface area contributed by atoms with Crippen molar-refractivity contribution in [1.82, 2.24) is 15.3 Å². The average molecular weight is 1460 g/mol. The normalized spacial score (nSPS) is 15.9. The second-order valence-corrected chi connectivity index (χ2v) is 31.4. The number of para-hydroxylation sites is 2. The lowest BCUT2D eigenvalue weighted by atomic mass is 9.77. The molecule has 2 aromatic heterocycles. The van der Waals surface area contributed by atoms with E-state index < -0.39 is 78.8 Å². The molecular formula is C67H77N6O21S5+. The van der Waals surface area contributed by atoms with E-state index in [9.17, 15) is 69.9 Å². The van der Waals surface area contributed by atoms with Crippen LogP contribution in [0, 0.1) is 11.8 Å². The fourth-order valence-corrected chi connectivity index (χ4v) is 14.8. The Morgan fingerprint density at radius 2 is 1.33 bits per heavy atom. The standard InChI is InChI=1S/C67H76N6O21S5/c1-66(2)53-45-50(98(85,86)87)25-28-57(53)72(34-13-43-95(77,78)79)61(66)19-6-4-7-20-62-67(3,54-46-51(99(88,89)90)26-29-58(54)73(62)35-14-44-96(80,81)82)31-11-5-8-21-63(74)68-33-36-91-37-38-92-39-40-93-41-42-94-59-30-32-69-64-52(59)16-12-18-60(64)97(83,84)71-55-17-10-9-15-49(55)24-22-48-23-27-56(65(75)76)70-47-48/h4,6-7,9-10,12,15-20,23,25-30,32,45-47,71H,5,8,11,13-14,21,31,33-44H2,1-3H3,(H5-,68,74,75,76,77,78,79,80,81,82,85,86,87,88,89,90)/p+1. The third-order valence-electron chi connectivity index (χ3n) is 16.3. The Morgan fingerprint density at radius 3 is 2.01 bits per heavy atom. The number of amides is 1. The number of aromatic nitrogens is 2. The van der Waals surface area contributed by atoms with Gasteiger partial charge in [0.2, 0.25) is 11.6 Å². The summed E-state index contributed by atoms with van der Waals surface area (Å²) in [4.78, 5) is 33.3. The van der Waals surface area contributed by atoms with Crippen molar-refractivity contribution in [3.63, 3.8) is 0 Å². The molecule has 27 nitrogen and oxygen atoms in total. The van der Waals surface area contributed by atoms with E-state index in [4.69, 9.17) is 24.1 Å². The number of carboxylic acids is 1. The van der Waals surface area contributed by atoms with Crippen LogP contribution in [0.4, 0.5) is 17.1 Å². The van der Waals surface area contributed by atoms with Gasteiger partial charge < -0.3 is 34.3 Å². The lowest BCUT2D eigenvalue weighted by Gasteiger charge is -2.30. The Labute approximate surface area is 575 Å². The molecule has 1 unspecified atom stereocenters. The van der Waals surface area contributed by atoms with Crippen molar-refractivity contribution in [2.24, 2.45) is 0 Å². The highest BCUT2D eigenvalue weighted by Gasteiger charge is 2.46. The van der Waals surface area contributed by atoms with Crippen LogP contribution in [-0.4, -0.2) is 175 Å². The van der Waals surface area contributed by atoms with E-state index in [1.807, 2.05) is 25.7 Å². The zero-order valence-electron chi connectivity index (χ0n) is 54.3. The molecule has 7 N–H and O–H groups in total. The number of rotatable bonds is 36. The summed E-state index contributed by atoms with van der Waals surface area (Å²) in [7, 11) is -22.1. The van der Waals surface area contributed by atoms with Gasteiger partial charge in [-0.25, -0.2) is 18.2 Å². The third kappa shape index (κ3) is 20.9. The molecule has 0 spiro atoms. The van der Waals surface area contributed by atoms with Gasteiger partial charge in [0.1, 0.15) is 29.5 Å². The van der Waals surface area contributed by atoms with Crippen molar-refractivity contribution in [3.8, 4) is 17.6 Å². The topological polar surface area (TPSA) is 399 Å². The maximum absolute atomic E-state index is 13.8. The first kappa shape index (κ1) is 76.5. The number of anilines is 2. The van der Waals surface area contributed by atoms with Gasteiger partial charge in [0.15, 0.2) is 5.71 Å². The van der Waals surface area contributed by atoms with Crippen molar-refractivity contribution in [3.05, 3.63) is 173 Å². The number of nitrogens with one attached hydrogen (secondary N) is 2. The van der Waals surface area contributed by atoms with Crippen LogP contribution >= 0.6 is 0 Å². The number of carbonyl (C=O) groups excluding carboxylic acids is 1. The Morgan fingerprint density at radius 1 is 0.667 bits per heavy atom. The highest BCUT2D eigenvalue weighted by molar-refractivity contribution is 7.93. The number of hydrogen-bond acceptors (Lipinski definition) is 19. The molecule has 0 radical (unpaired) electrons. The number of nitrogens with zero attached hydrogens (tertiary/aromatic N) is 4. The zero-order valence-corrected chi connectivity index (χ0v) is 58.4. The second kappa shape index (κ2) is 33.2. The minimum Gasteiger partial charge on any atom is -0.490 e. The Kier molecular flexibility index (Phi) is 25.7. The molecule has 0 aliphatic carbocycles. The Bertz CT molecular complexity index is 4760. The number of carbonyl (C=O) groups is 2. The van der Waals surface area contributed by atoms with E-state index in [0.29, 0.717) is 81.9 Å². The number of pyridine rings is 2. The molecule has 0 fully saturated rings. The number of aromatic carboxylic acids is 1. The molecule has 32 heteroatoms. The van der Waals surface area contributed by atoms with E-state index >= 15 is 0 Å². The van der Waals surface area contributed by atoms with Gasteiger partial charge in [-0.15, -0.1) is 0 Å². The van der Waals surface area contributed by atoms with E-state index in [2.05, 4.69) is 31.8 Å². The number of ether oxygens (including phenoxy) is 4. The first-order chi connectivity index (χ1) is 46.8. The lowest BCUT2D eigenvalue weighted by Crippen LogP contribution is -2.30. The summed E-state index contributed by atoms with van der Waals surface area (Å²) >= 11 is 0. The number of sulfonamides is 1. The van der Waals surface area contributed by atoms with E-state index in [1.54, 1.807) is 77.4 Å². The molecule has 4 aromatic carbocycles. The summed E-state index contributed by atoms with van der Waals surface area (Å²) in [6, 6.07) is 23.9. The van der Waals surface area contributed by atoms with Crippen LogP contribution in [0.25, 0.3) is 10.9 Å². The molecule has 1 amide bonds. The number of carboxylic acid groups (broad SMARTS) is 1. The van der Waals surface area contributed by atoms with Gasteiger partial charge in [0.05, 0.1) is 77.6 Å². The maximum atomic E-state index is 13.8. The van der Waals surface area contributed by atoms with Crippen LogP contribution in [0.2, 0.25) is 0 Å². The number of benzene rings is 4. The highest BCUT2D eigenvalue weighted by Crippen LogP contribution is 2.52. The highest BCUT2D eigenvalue weighted by atomic mass is 32.2. The van der Waals surface area contributed by atoms with Crippen LogP contribution in [0.1, 0.15) is 98.5 Å². The van der Waals surface area contributed by atoms with Crippen LogP contribution in [0.15, 0.2) is 160 Å². The van der Waals surface area contributed by atoms with Crippen molar-refractivity contribution < 1.29 is 98.5 Å². The summed E-state index contributed by atoms with van der Waals surface area (Å²) in [5, 5.41) is 12.4. The summed E-state index contributed by atoms with van der Waals surface area (Å²) in [5.41, 5.74) is 2.66. The van der Waals surface area contributed by atoms with Crippen molar-refractivity contribution in [2.75, 3.05) is 87.0 Å². The quantitative estimate of drug-likeness (QED) is 0.00645. The van der Waals surface area contributed by atoms with Gasteiger partial charge in [0.25, 0.3) is 50.5 Å². The minimum atomic E-state index is -4.68. The van der Waals surface area contributed by atoms with Gasteiger partial charge in [-0.3, -0.25) is 32.7 Å². The minimum absolute atomic E-state index is 0.0129. The molecule has 6 aromatic rings. The molecule has 2 aliphatic heterocycles. The van der Waals surface area contributed by atoms with Gasteiger partial charge >= 0.3 is 5.97 Å². The van der Waals surface area contributed by atoms with Gasteiger partial charge in [-0.05, 0) is 124 Å². The smallest absolute Gasteiger partial charge is 0.354 e. The van der Waals surface area contributed by atoms with E-state index in [-0.39, 0.29) is 123 Å². The molecule has 1 atom stereocenters. The fraction of sp³-hybridized carbons (Fsp3) is 0.358. The summed E-state index contributed by atoms with van der Waals surface area (Å²) < 4.78 is 190.